The van der Waals surface area contributed by atoms with E-state index in [1.807, 2.05) is 0 Å². The predicted octanol–water partition coefficient (Wildman–Crippen LogP) is 0.315. The third kappa shape index (κ3) is 525. The van der Waals surface area contributed by atoms with Crippen LogP contribution >= 0.6 is 0 Å². The van der Waals surface area contributed by atoms with Crippen LogP contribution in [0.1, 0.15) is 0 Å². The van der Waals surface area contributed by atoms with E-state index in [4.69, 9.17) is 0 Å². The maximum Gasteiger partial charge on any atom is 0 e. The summed E-state index contributed by atoms with van der Waals surface area (Å²) in [5.74, 6) is 0. The zero-order chi connectivity index (χ0) is 0. The molecule has 54 heteroatoms. The molecule has 0 aliphatic heterocycles. The number of hydrogen-bond acceptors (Lipinski definition) is 0. The molecule has 0 saturated carbocycles. The average Bonchev–Trinajstić information content (AvgIpc) is 0. The molecule has 0 heterocycles. The second-order valence-corrected chi connectivity index (χ2v) is 0. The van der Waals surface area contributed by atoms with Gasteiger partial charge in [0, 0.05) is 1140 Å². The van der Waals surface area contributed by atoms with Gasteiger partial charge < -0.3 is 7.43 Å². The maximum absolute atomic E-state index is 0. The van der Waals surface area contributed by atoms with Crippen molar-refractivity contribution in [1.82, 2.24) is 0 Å². The van der Waals surface area contributed by atoms with E-state index in [-0.39, 0.29) is 1140 Å². The molecule has 0 spiro atoms. The molecule has 0 rings (SSSR count). The Morgan fingerprint density at radius 1 is 0.0364 bits per heavy atom. The van der Waals surface area contributed by atoms with E-state index >= 15 is 0 Å². The van der Waals surface area contributed by atoms with Crippen LogP contribution in [0, 0.1) is 7.43 Å². The predicted molar refractivity (Wildman–Crippen MR) is 6.41 cm³/mol. The van der Waals surface area contributed by atoms with Crippen molar-refractivity contribution in [3.8, 4) is 0 Å². The van der Waals surface area contributed by atoms with Crippen molar-refractivity contribution in [3.05, 3.63) is 7.43 Å². The Bertz CT molecular complexity index is 7.21. The standard InChI is InChI=1S/CH3.54W/h1H3;;;;;;;;;;;;;;;;;;;;;;;;;;;;;;;;;;;;;;;;;;;;;;;;;;;;;;/q-1;;;;;;;;;;;;;;;;;;;;;;;;;;;;;;;;;;;;;;;;;;;;;;;;;;;;;;. The normalized spacial score (nSPS) is 0. The molecule has 0 aromatic rings. The van der Waals surface area contributed by atoms with Crippen molar-refractivity contribution in [2.75, 3.05) is 0 Å². The van der Waals surface area contributed by atoms with Crippen molar-refractivity contribution in [1.29, 1.82) is 0 Å². The number of rotatable bonds is 0. The fraction of sp³-hybridized carbons (Fsp3) is 0. The molecule has 0 nitrogen and oxygen atoms in total. The molecule has 0 aromatic carbocycles. The van der Waals surface area contributed by atoms with E-state index in [2.05, 4.69) is 0 Å². The van der Waals surface area contributed by atoms with Gasteiger partial charge in [-0.3, -0.25) is 0 Å². The fourth-order valence-corrected chi connectivity index (χ4v) is 0. The maximum atomic E-state index is 0. The summed E-state index contributed by atoms with van der Waals surface area (Å²) in [6.07, 6.45) is 0. The quantitative estimate of drug-likeness (QED) is 0.307. The molecule has 0 unspecified atom stereocenters. The molecular weight excluding hydrogens is 9940 g/mol. The van der Waals surface area contributed by atoms with Crippen molar-refractivity contribution < 1.29 is 1140 Å². The third-order valence-electron chi connectivity index (χ3n) is 0. The molecule has 0 aliphatic rings. The summed E-state index contributed by atoms with van der Waals surface area (Å²) in [5.41, 5.74) is 0. The minimum Gasteiger partial charge on any atom is -0.358 e. The van der Waals surface area contributed by atoms with Gasteiger partial charge in [0.05, 0.1) is 0 Å². The first-order chi connectivity index (χ1) is 0. The van der Waals surface area contributed by atoms with Crippen LogP contribution < -0.4 is 0 Å². The Balaban J connectivity index is 0. The van der Waals surface area contributed by atoms with E-state index in [1.54, 1.807) is 0 Å². The summed E-state index contributed by atoms with van der Waals surface area (Å²) >= 11 is 0. The number of hydrogen-bond donors (Lipinski definition) is 0. The van der Waals surface area contributed by atoms with E-state index in [1.165, 1.54) is 0 Å². The zero-order valence-electron chi connectivity index (χ0n) is 23.0. The van der Waals surface area contributed by atoms with Gasteiger partial charge in [0.1, 0.15) is 0 Å². The first-order valence-corrected chi connectivity index (χ1v) is 0. The van der Waals surface area contributed by atoms with Crippen LogP contribution in [0.2, 0.25) is 0 Å². The molecule has 0 radical (unpaired) electrons. The van der Waals surface area contributed by atoms with Gasteiger partial charge in [0.15, 0.2) is 0 Å². The van der Waals surface area contributed by atoms with Gasteiger partial charge in [-0.1, -0.05) is 0 Å². The van der Waals surface area contributed by atoms with Crippen molar-refractivity contribution in [3.63, 3.8) is 0 Å². The van der Waals surface area contributed by atoms with Crippen LogP contribution in [0.15, 0.2) is 0 Å². The monoisotopic (exact) mass is 9950 g/mol. The van der Waals surface area contributed by atoms with Gasteiger partial charge in [0.25, 0.3) is 0 Å². The molecule has 0 bridgehead atoms. The molecule has 0 atom stereocenters. The molecule has 55 heavy (non-hydrogen) atoms. The first-order valence-electron chi connectivity index (χ1n) is 0. The van der Waals surface area contributed by atoms with Crippen LogP contribution in [0.3, 0.4) is 0 Å². The molecular formula is CH3W54-. The first kappa shape index (κ1) is 555. The Hall–Kier alpha value is 37.2. The van der Waals surface area contributed by atoms with Crippen molar-refractivity contribution in [2.45, 2.75) is 0 Å². The molecule has 332 valence electrons. The van der Waals surface area contributed by atoms with E-state index in [0.717, 1.165) is 0 Å². The van der Waals surface area contributed by atoms with Gasteiger partial charge in [0.2, 0.25) is 0 Å². The summed E-state index contributed by atoms with van der Waals surface area (Å²) in [4.78, 5) is 0. The zero-order valence-corrected chi connectivity index (χ0v) is 181. The molecule has 0 fully saturated rings. The summed E-state index contributed by atoms with van der Waals surface area (Å²) < 4.78 is 0. The topological polar surface area (TPSA) is 0 Å². The summed E-state index contributed by atoms with van der Waals surface area (Å²) in [6, 6.07) is 0. The Morgan fingerprint density at radius 2 is 0.0364 bits per heavy atom. The SMILES string of the molecule is [CH3-].[W].[W].[W].[W].[W].[W].[W].[W].[W].[W].[W].[W].[W].[W].[W].[W].[W].[W].[W].[W].[W].[W].[W].[W].[W].[W].[W].[W].[W].[W].[W].[W].[W].[W].[W].[W].[W].[W].[W].[W].[W].[W].[W].[W].[W].[W].[W].[W].[W].[W].[W].[W].[W].[W]. The second-order valence-electron chi connectivity index (χ2n) is 0. The molecule has 0 saturated heterocycles. The van der Waals surface area contributed by atoms with Crippen LogP contribution in [0.5, 0.6) is 0 Å². The minimum atomic E-state index is 0. The van der Waals surface area contributed by atoms with Gasteiger partial charge in [-0.15, -0.1) is 0 Å². The molecule has 0 N–H and O–H groups in total. The second kappa shape index (κ2) is 537. The van der Waals surface area contributed by atoms with Gasteiger partial charge >= 0.3 is 0 Å². The summed E-state index contributed by atoms with van der Waals surface area (Å²) in [6.45, 7) is 0. The summed E-state index contributed by atoms with van der Waals surface area (Å²) in [7, 11) is 0. The molecule has 0 aliphatic carbocycles. The third-order valence-corrected chi connectivity index (χ3v) is 0. The fourth-order valence-electron chi connectivity index (χ4n) is 0. The van der Waals surface area contributed by atoms with Crippen molar-refractivity contribution in [2.24, 2.45) is 0 Å². The van der Waals surface area contributed by atoms with E-state index in [9.17, 15) is 0 Å². The largest absolute Gasteiger partial charge is 0.358 e. The Labute approximate surface area is 1110 Å². The van der Waals surface area contributed by atoms with Gasteiger partial charge in [-0.2, -0.15) is 0 Å². The van der Waals surface area contributed by atoms with E-state index in [0.29, 0.717) is 0 Å². The van der Waals surface area contributed by atoms with Crippen LogP contribution in [-0.2, 0) is 1140 Å². The van der Waals surface area contributed by atoms with Gasteiger partial charge in [-0.05, 0) is 0 Å². The Morgan fingerprint density at radius 3 is 0.0364 bits per heavy atom. The van der Waals surface area contributed by atoms with Crippen LogP contribution in [0.4, 0.5) is 0 Å². The Kier molecular flexibility index (Phi) is 5410. The minimum absolute atomic E-state index is 0. The molecule has 0 aromatic heterocycles. The summed E-state index contributed by atoms with van der Waals surface area (Å²) in [5, 5.41) is 0. The van der Waals surface area contributed by atoms with Gasteiger partial charge in [-0.25, -0.2) is 0 Å². The van der Waals surface area contributed by atoms with E-state index < -0.39 is 0 Å². The smallest absolute Gasteiger partial charge is 0 e. The van der Waals surface area contributed by atoms with Crippen LogP contribution in [-0.4, -0.2) is 0 Å². The van der Waals surface area contributed by atoms with Crippen molar-refractivity contribution >= 4 is 0 Å². The van der Waals surface area contributed by atoms with Crippen LogP contribution in [0.25, 0.3) is 0 Å². The molecule has 0 amide bonds. The average molecular weight is 9940 g/mol.